The molecule has 51 heavy (non-hydrogen) atoms. The van der Waals surface area contributed by atoms with Crippen molar-refractivity contribution in [3.8, 4) is 33.4 Å². The van der Waals surface area contributed by atoms with Gasteiger partial charge in [-0.05, 0) is 146 Å². The lowest BCUT2D eigenvalue weighted by Gasteiger charge is -2.31. The number of nitrogens with zero attached hydrogens (tertiary/aromatic N) is 2. The Bertz CT molecular complexity index is 2470. The van der Waals surface area contributed by atoms with Crippen molar-refractivity contribution in [3.05, 3.63) is 132 Å². The minimum Gasteiger partial charge on any atom is -0.372 e. The molecule has 2 saturated heterocycles. The Labute approximate surface area is 302 Å². The molecule has 0 radical (unpaired) electrons. The van der Waals surface area contributed by atoms with Gasteiger partial charge >= 0.3 is 0 Å². The Morgan fingerprint density at radius 3 is 1.69 bits per heavy atom. The predicted octanol–water partition coefficient (Wildman–Crippen LogP) is 12.8. The second kappa shape index (κ2) is 12.0. The number of rotatable bonds is 4. The first-order valence-electron chi connectivity index (χ1n) is 19.3. The van der Waals surface area contributed by atoms with Crippen LogP contribution in [0.15, 0.2) is 121 Å². The maximum absolute atomic E-state index is 2.62. The zero-order chi connectivity index (χ0) is 34.1. The molecule has 252 valence electrons. The van der Waals surface area contributed by atoms with Crippen LogP contribution in [-0.4, -0.2) is 26.2 Å². The minimum atomic E-state index is -0.0566. The molecule has 0 spiro atoms. The van der Waals surface area contributed by atoms with Crippen LogP contribution in [0.5, 0.6) is 0 Å². The molecule has 0 atom stereocenters. The summed E-state index contributed by atoms with van der Waals surface area (Å²) in [6.45, 7) is 9.34. The molecule has 0 bridgehead atoms. The summed E-state index contributed by atoms with van der Waals surface area (Å²) in [4.78, 5) is 5.25. The lowest BCUT2D eigenvalue weighted by molar-refractivity contribution is 0.578. The van der Waals surface area contributed by atoms with Gasteiger partial charge in [0.2, 0.25) is 0 Å². The maximum atomic E-state index is 2.62. The molecular formula is C49H46N2. The first-order valence-corrected chi connectivity index (χ1v) is 19.3. The van der Waals surface area contributed by atoms with Gasteiger partial charge in [0.1, 0.15) is 0 Å². The van der Waals surface area contributed by atoms with Crippen molar-refractivity contribution in [2.24, 2.45) is 0 Å². The molecule has 0 N–H and O–H groups in total. The average molecular weight is 663 g/mol. The largest absolute Gasteiger partial charge is 0.372 e. The van der Waals surface area contributed by atoms with E-state index < -0.39 is 0 Å². The fourth-order valence-corrected chi connectivity index (χ4v) is 9.81. The summed E-state index contributed by atoms with van der Waals surface area (Å²) in [7, 11) is 0. The Morgan fingerprint density at radius 2 is 0.980 bits per heavy atom. The number of hydrogen-bond donors (Lipinski definition) is 0. The van der Waals surface area contributed by atoms with Gasteiger partial charge in [-0.2, -0.15) is 0 Å². The lowest BCUT2D eigenvalue weighted by Crippen LogP contribution is -2.29. The van der Waals surface area contributed by atoms with Crippen molar-refractivity contribution in [1.82, 2.24) is 0 Å². The lowest BCUT2D eigenvalue weighted by atomic mass is 9.80. The van der Waals surface area contributed by atoms with Crippen molar-refractivity contribution in [2.45, 2.75) is 57.8 Å². The molecule has 0 aromatic heterocycles. The van der Waals surface area contributed by atoms with Crippen LogP contribution < -0.4 is 9.80 Å². The Hall–Kier alpha value is -5.08. The summed E-state index contributed by atoms with van der Waals surface area (Å²) >= 11 is 0. The van der Waals surface area contributed by atoms with Gasteiger partial charge in [0, 0.05) is 43.0 Å². The van der Waals surface area contributed by atoms with Crippen LogP contribution >= 0.6 is 0 Å². The molecule has 0 amide bonds. The number of anilines is 2. The minimum absolute atomic E-state index is 0.0566. The van der Waals surface area contributed by atoms with Gasteiger partial charge < -0.3 is 9.80 Å². The first kappa shape index (κ1) is 30.7. The first-order chi connectivity index (χ1) is 25.1. The van der Waals surface area contributed by atoms with Gasteiger partial charge in [0.25, 0.3) is 0 Å². The van der Waals surface area contributed by atoms with Crippen molar-refractivity contribution in [1.29, 1.82) is 0 Å². The van der Waals surface area contributed by atoms with Gasteiger partial charge in [0.05, 0.1) is 0 Å². The third kappa shape index (κ3) is 4.90. The molecule has 0 unspecified atom stereocenters. The second-order valence-electron chi connectivity index (χ2n) is 15.8. The van der Waals surface area contributed by atoms with Crippen molar-refractivity contribution in [3.63, 3.8) is 0 Å². The molecule has 1 aliphatic carbocycles. The van der Waals surface area contributed by atoms with Gasteiger partial charge in [-0.1, -0.05) is 105 Å². The Kier molecular flexibility index (Phi) is 7.24. The molecule has 2 fully saturated rings. The van der Waals surface area contributed by atoms with E-state index in [0.29, 0.717) is 0 Å². The normalized spacial score (nSPS) is 16.9. The number of benzene rings is 7. The summed E-state index contributed by atoms with van der Waals surface area (Å²) in [5.41, 5.74) is 13.7. The van der Waals surface area contributed by atoms with E-state index in [1.165, 1.54) is 127 Å². The van der Waals surface area contributed by atoms with Crippen LogP contribution in [0.2, 0.25) is 0 Å². The van der Waals surface area contributed by atoms with Crippen molar-refractivity contribution in [2.75, 3.05) is 36.0 Å². The summed E-state index contributed by atoms with van der Waals surface area (Å²) in [6, 6.07) is 47.0. The van der Waals surface area contributed by atoms with Crippen LogP contribution in [0.25, 0.3) is 65.7 Å². The molecule has 0 saturated carbocycles. The zero-order valence-corrected chi connectivity index (χ0v) is 30.0. The number of piperidine rings is 2. The Morgan fingerprint density at radius 1 is 0.412 bits per heavy atom. The standard InChI is InChI=1S/C49H46N2/c1-49(2)44-18-8-7-16-40(44)48-41(17-13-19-45(48)49)47-39-25-23-36(50-26-9-3-10-27-50)31-42(39)46(35-21-20-33-14-5-6-15-34(33)30-35)38-24-22-37(32-43(38)47)51-28-11-4-12-29-51/h5-8,13-25,30-32H,3-4,9-12,26-29H2,1-2H3. The van der Waals surface area contributed by atoms with Gasteiger partial charge in [0.15, 0.2) is 0 Å². The monoisotopic (exact) mass is 662 g/mol. The van der Waals surface area contributed by atoms with E-state index in [4.69, 9.17) is 0 Å². The maximum Gasteiger partial charge on any atom is 0.0372 e. The molecule has 2 heterocycles. The van der Waals surface area contributed by atoms with Crippen LogP contribution in [-0.2, 0) is 5.41 Å². The topological polar surface area (TPSA) is 6.48 Å². The smallest absolute Gasteiger partial charge is 0.0372 e. The highest BCUT2D eigenvalue weighted by molar-refractivity contribution is 6.24. The summed E-state index contributed by atoms with van der Waals surface area (Å²) < 4.78 is 0. The molecule has 7 aromatic rings. The molecule has 10 rings (SSSR count). The highest BCUT2D eigenvalue weighted by atomic mass is 15.1. The number of hydrogen-bond acceptors (Lipinski definition) is 2. The molecule has 2 aliphatic heterocycles. The second-order valence-corrected chi connectivity index (χ2v) is 15.8. The van der Waals surface area contributed by atoms with E-state index >= 15 is 0 Å². The summed E-state index contributed by atoms with van der Waals surface area (Å²) in [6.07, 6.45) is 7.73. The SMILES string of the molecule is CC1(C)c2ccccc2-c2c(-c3c4ccc(N5CCCCC5)cc4c(-c4ccc5ccccc5c4)c4ccc(N5CCCCC5)cc34)cccc21. The van der Waals surface area contributed by atoms with E-state index in [9.17, 15) is 0 Å². The highest BCUT2D eigenvalue weighted by Gasteiger charge is 2.37. The van der Waals surface area contributed by atoms with Crippen LogP contribution in [0.3, 0.4) is 0 Å². The molecule has 2 heteroatoms. The molecule has 3 aliphatic rings. The Balaban J connectivity index is 1.34. The summed E-state index contributed by atoms with van der Waals surface area (Å²) in [5.74, 6) is 0. The predicted molar refractivity (Wildman–Crippen MR) is 220 cm³/mol. The third-order valence-electron chi connectivity index (χ3n) is 12.4. The van der Waals surface area contributed by atoms with Crippen LogP contribution in [0, 0.1) is 0 Å². The highest BCUT2D eigenvalue weighted by Crippen LogP contribution is 2.55. The van der Waals surface area contributed by atoms with Crippen LogP contribution in [0.4, 0.5) is 11.4 Å². The molecule has 2 nitrogen and oxygen atoms in total. The average Bonchev–Trinajstić information content (AvgIpc) is 3.43. The zero-order valence-electron chi connectivity index (χ0n) is 30.0. The molecular weight excluding hydrogens is 617 g/mol. The van der Waals surface area contributed by atoms with Gasteiger partial charge in [-0.25, -0.2) is 0 Å². The number of fused-ring (bicyclic) bond motifs is 6. The summed E-state index contributed by atoms with van der Waals surface area (Å²) in [5, 5.41) is 7.97. The quantitative estimate of drug-likeness (QED) is 0.173. The van der Waals surface area contributed by atoms with Crippen molar-refractivity contribution >= 4 is 43.7 Å². The van der Waals surface area contributed by atoms with Crippen molar-refractivity contribution < 1.29 is 0 Å². The molecule has 7 aromatic carbocycles. The third-order valence-corrected chi connectivity index (χ3v) is 12.4. The van der Waals surface area contributed by atoms with E-state index in [0.717, 1.165) is 26.2 Å². The fourth-order valence-electron chi connectivity index (χ4n) is 9.81. The van der Waals surface area contributed by atoms with E-state index in [2.05, 4.69) is 145 Å². The van der Waals surface area contributed by atoms with E-state index in [1.807, 2.05) is 0 Å². The van der Waals surface area contributed by atoms with E-state index in [1.54, 1.807) is 0 Å². The fraction of sp³-hybridized carbons (Fsp3) is 0.265. The van der Waals surface area contributed by atoms with E-state index in [-0.39, 0.29) is 5.41 Å². The van der Waals surface area contributed by atoms with Gasteiger partial charge in [-0.3, -0.25) is 0 Å². The van der Waals surface area contributed by atoms with Crippen LogP contribution in [0.1, 0.15) is 63.5 Å². The van der Waals surface area contributed by atoms with Gasteiger partial charge in [-0.15, -0.1) is 0 Å².